The highest BCUT2D eigenvalue weighted by Crippen LogP contribution is 2.41. The first-order chi connectivity index (χ1) is 16.5. The van der Waals surface area contributed by atoms with E-state index in [1.807, 2.05) is 20.8 Å². The molecule has 186 valence electrons. The standard InChI is InChI=1S/C26H27BrF2N2O4/c1-26(2,3)35-25(33)31-8-6-30(7-9-31)10-11-34-19-4-5-20-21(15-19)24(32)23(27)22(20)16-12-17(28)14-18(29)13-16/h4-5,12-15H,6-11H2,1-3H3. The van der Waals surface area contributed by atoms with E-state index in [-0.39, 0.29) is 16.4 Å². The molecule has 0 N–H and O–H groups in total. The number of benzene rings is 2. The van der Waals surface area contributed by atoms with Crippen molar-refractivity contribution in [2.24, 2.45) is 0 Å². The van der Waals surface area contributed by atoms with Crippen LogP contribution in [-0.2, 0) is 4.74 Å². The van der Waals surface area contributed by atoms with E-state index in [0.717, 1.165) is 19.2 Å². The molecule has 0 aromatic heterocycles. The fourth-order valence-electron chi connectivity index (χ4n) is 4.12. The number of rotatable bonds is 5. The molecule has 0 radical (unpaired) electrons. The molecule has 6 nitrogen and oxygen atoms in total. The average Bonchev–Trinajstić information content (AvgIpc) is 3.02. The molecule has 1 heterocycles. The van der Waals surface area contributed by atoms with Crippen LogP contribution in [0.5, 0.6) is 5.75 Å². The van der Waals surface area contributed by atoms with E-state index in [1.54, 1.807) is 23.1 Å². The van der Waals surface area contributed by atoms with Gasteiger partial charge in [-0.1, -0.05) is 0 Å². The van der Waals surface area contributed by atoms with E-state index < -0.39 is 17.2 Å². The molecule has 1 amide bonds. The lowest BCUT2D eigenvalue weighted by Crippen LogP contribution is -2.50. The molecule has 0 atom stereocenters. The molecular weight excluding hydrogens is 522 g/mol. The highest BCUT2D eigenvalue weighted by Gasteiger charge is 2.30. The van der Waals surface area contributed by atoms with Crippen molar-refractivity contribution in [3.63, 3.8) is 0 Å². The van der Waals surface area contributed by atoms with Crippen LogP contribution in [0.15, 0.2) is 40.9 Å². The largest absolute Gasteiger partial charge is 0.492 e. The van der Waals surface area contributed by atoms with Gasteiger partial charge in [0.1, 0.15) is 29.6 Å². The lowest BCUT2D eigenvalue weighted by Gasteiger charge is -2.35. The summed E-state index contributed by atoms with van der Waals surface area (Å²) in [5.74, 6) is -1.14. The number of carbonyl (C=O) groups excluding carboxylic acids is 2. The van der Waals surface area contributed by atoms with E-state index >= 15 is 0 Å². The Morgan fingerprint density at radius 3 is 2.29 bits per heavy atom. The zero-order valence-corrected chi connectivity index (χ0v) is 21.5. The van der Waals surface area contributed by atoms with Crippen molar-refractivity contribution in [3.8, 4) is 5.75 Å². The predicted octanol–water partition coefficient (Wildman–Crippen LogP) is 5.25. The Balaban J connectivity index is 1.34. The summed E-state index contributed by atoms with van der Waals surface area (Å²) in [5, 5.41) is 0. The second kappa shape index (κ2) is 10.1. The summed E-state index contributed by atoms with van der Waals surface area (Å²) in [5.41, 5.74) is 1.24. The maximum absolute atomic E-state index is 13.8. The molecule has 2 aromatic rings. The molecule has 0 spiro atoms. The molecule has 1 saturated heterocycles. The van der Waals surface area contributed by atoms with Gasteiger partial charge in [-0.3, -0.25) is 9.69 Å². The summed E-state index contributed by atoms with van der Waals surface area (Å²) in [4.78, 5) is 28.9. The van der Waals surface area contributed by atoms with Crippen molar-refractivity contribution >= 4 is 33.4 Å². The fraction of sp³-hybridized carbons (Fsp3) is 0.385. The molecule has 4 rings (SSSR count). The normalized spacial score (nSPS) is 16.5. The van der Waals surface area contributed by atoms with Crippen molar-refractivity contribution in [1.82, 2.24) is 9.80 Å². The smallest absolute Gasteiger partial charge is 0.410 e. The highest BCUT2D eigenvalue weighted by atomic mass is 79.9. The predicted molar refractivity (Wildman–Crippen MR) is 132 cm³/mol. The summed E-state index contributed by atoms with van der Waals surface area (Å²) < 4.78 is 39.1. The number of nitrogens with zero attached hydrogens (tertiary/aromatic N) is 2. The zero-order valence-electron chi connectivity index (χ0n) is 19.9. The van der Waals surface area contributed by atoms with Crippen molar-refractivity contribution in [2.45, 2.75) is 26.4 Å². The highest BCUT2D eigenvalue weighted by molar-refractivity contribution is 9.12. The minimum Gasteiger partial charge on any atom is -0.492 e. The molecule has 0 bridgehead atoms. The van der Waals surface area contributed by atoms with Crippen LogP contribution in [-0.4, -0.2) is 66.6 Å². The maximum atomic E-state index is 13.8. The number of piperazine rings is 1. The van der Waals surface area contributed by atoms with Gasteiger partial charge in [0.15, 0.2) is 0 Å². The number of ketones is 1. The van der Waals surface area contributed by atoms with Gasteiger partial charge in [0, 0.05) is 49.9 Å². The summed E-state index contributed by atoms with van der Waals surface area (Å²) in [6.07, 6.45) is -0.295. The Kier molecular flexibility index (Phi) is 7.28. The minimum absolute atomic E-state index is 0.261. The maximum Gasteiger partial charge on any atom is 0.410 e. The van der Waals surface area contributed by atoms with Gasteiger partial charge in [0.25, 0.3) is 0 Å². The Morgan fingerprint density at radius 2 is 1.66 bits per heavy atom. The van der Waals surface area contributed by atoms with Crippen LogP contribution >= 0.6 is 15.9 Å². The van der Waals surface area contributed by atoms with Gasteiger partial charge in [-0.15, -0.1) is 0 Å². The Labute approximate surface area is 211 Å². The van der Waals surface area contributed by atoms with Crippen molar-refractivity contribution in [1.29, 1.82) is 0 Å². The molecule has 2 aromatic carbocycles. The third-order valence-corrected chi connectivity index (χ3v) is 6.53. The van der Waals surface area contributed by atoms with E-state index in [4.69, 9.17) is 9.47 Å². The molecule has 35 heavy (non-hydrogen) atoms. The third kappa shape index (κ3) is 5.90. The number of halogens is 3. The summed E-state index contributed by atoms with van der Waals surface area (Å²) >= 11 is 3.30. The number of ether oxygens (including phenoxy) is 2. The van der Waals surface area contributed by atoms with Crippen LogP contribution in [0.3, 0.4) is 0 Å². The molecule has 9 heteroatoms. The van der Waals surface area contributed by atoms with Gasteiger partial charge < -0.3 is 14.4 Å². The SMILES string of the molecule is CC(C)(C)OC(=O)N1CCN(CCOc2ccc3c(c2)C(=O)C(Br)=C3c2cc(F)cc(F)c2)CC1. The summed E-state index contributed by atoms with van der Waals surface area (Å²) in [7, 11) is 0. The van der Waals surface area contributed by atoms with E-state index in [1.165, 1.54) is 12.1 Å². The topological polar surface area (TPSA) is 59.1 Å². The molecule has 1 aliphatic heterocycles. The monoisotopic (exact) mass is 548 g/mol. The molecule has 1 fully saturated rings. The minimum atomic E-state index is -0.708. The van der Waals surface area contributed by atoms with Crippen LogP contribution < -0.4 is 4.74 Å². The van der Waals surface area contributed by atoms with Gasteiger partial charge in [0.05, 0.1) is 4.48 Å². The van der Waals surface area contributed by atoms with Gasteiger partial charge in [-0.05, 0) is 78.2 Å². The number of allylic oxidation sites excluding steroid dienone is 1. The molecule has 2 aliphatic rings. The Bertz CT molecular complexity index is 1160. The van der Waals surface area contributed by atoms with Gasteiger partial charge in [-0.2, -0.15) is 0 Å². The van der Waals surface area contributed by atoms with E-state index in [9.17, 15) is 18.4 Å². The Hall–Kier alpha value is -2.78. The first kappa shape index (κ1) is 25.3. The number of carbonyl (C=O) groups is 2. The molecular formula is C26H27BrF2N2O4. The lowest BCUT2D eigenvalue weighted by atomic mass is 9.99. The quantitative estimate of drug-likeness (QED) is 0.511. The number of hydrogen-bond acceptors (Lipinski definition) is 5. The van der Waals surface area contributed by atoms with Crippen LogP contribution in [0.4, 0.5) is 13.6 Å². The number of Topliss-reactive ketones (excluding diaryl/α,β-unsaturated/α-hetero) is 1. The van der Waals surface area contributed by atoms with Crippen molar-refractivity contribution in [3.05, 3.63) is 69.2 Å². The first-order valence-corrected chi connectivity index (χ1v) is 12.2. The number of hydrogen-bond donors (Lipinski definition) is 0. The first-order valence-electron chi connectivity index (χ1n) is 11.4. The Morgan fingerprint density at radius 1 is 1.00 bits per heavy atom. The molecule has 1 aliphatic carbocycles. The van der Waals surface area contributed by atoms with Crippen LogP contribution in [0, 0.1) is 11.6 Å². The van der Waals surface area contributed by atoms with Crippen LogP contribution in [0.2, 0.25) is 0 Å². The van der Waals surface area contributed by atoms with Crippen molar-refractivity contribution < 1.29 is 27.8 Å². The van der Waals surface area contributed by atoms with E-state index in [2.05, 4.69) is 20.8 Å². The van der Waals surface area contributed by atoms with Gasteiger partial charge in [-0.25, -0.2) is 13.6 Å². The average molecular weight is 549 g/mol. The van der Waals surface area contributed by atoms with Gasteiger partial charge in [0.2, 0.25) is 5.78 Å². The van der Waals surface area contributed by atoms with Crippen LogP contribution in [0.1, 0.15) is 42.3 Å². The second-order valence-corrected chi connectivity index (χ2v) is 10.3. The summed E-state index contributed by atoms with van der Waals surface area (Å²) in [6, 6.07) is 8.33. The molecule has 0 unspecified atom stereocenters. The number of amides is 1. The number of fused-ring (bicyclic) bond motifs is 1. The molecule has 0 saturated carbocycles. The van der Waals surface area contributed by atoms with E-state index in [0.29, 0.717) is 54.3 Å². The van der Waals surface area contributed by atoms with Crippen LogP contribution in [0.25, 0.3) is 5.57 Å². The third-order valence-electron chi connectivity index (χ3n) is 5.78. The lowest BCUT2D eigenvalue weighted by molar-refractivity contribution is 0.0137. The van der Waals surface area contributed by atoms with Gasteiger partial charge >= 0.3 is 6.09 Å². The second-order valence-electron chi connectivity index (χ2n) is 9.54. The zero-order chi connectivity index (χ0) is 25.3. The fourth-order valence-corrected chi connectivity index (χ4v) is 4.78. The summed E-state index contributed by atoms with van der Waals surface area (Å²) in [6.45, 7) is 9.24. The van der Waals surface area contributed by atoms with Crippen molar-refractivity contribution in [2.75, 3.05) is 39.3 Å².